The number of carbonyl (C=O) groups is 1. The molecule has 0 heterocycles. The van der Waals surface area contributed by atoms with E-state index in [1.807, 2.05) is 12.1 Å². The topological polar surface area (TPSA) is 87.8 Å². The van der Waals surface area contributed by atoms with E-state index in [9.17, 15) is 9.00 Å². The van der Waals surface area contributed by atoms with Crippen LogP contribution in [-0.2, 0) is 42.1 Å². The summed E-state index contributed by atoms with van der Waals surface area (Å²) in [6.07, 6.45) is 10.1. The molecule has 0 aromatic heterocycles. The normalized spacial score (nSPS) is 19.2. The summed E-state index contributed by atoms with van der Waals surface area (Å²) in [6.45, 7) is 0.846. The largest absolute Gasteiger partial charge is 0.354 e. The van der Waals surface area contributed by atoms with Gasteiger partial charge in [0.05, 0.1) is 4.90 Å². The lowest BCUT2D eigenvalue weighted by Gasteiger charge is -2.34. The minimum absolute atomic E-state index is 0.381. The fourth-order valence-electron chi connectivity index (χ4n) is 5.31. The van der Waals surface area contributed by atoms with Crippen LogP contribution in [0.3, 0.4) is 0 Å². The summed E-state index contributed by atoms with van der Waals surface area (Å²) in [4.78, 5) is 15.5. The maximum atomic E-state index is 13.1. The van der Waals surface area contributed by atoms with Crippen molar-refractivity contribution in [2.45, 2.75) is 75.3 Å². The van der Waals surface area contributed by atoms with Crippen molar-refractivity contribution in [3.63, 3.8) is 0 Å². The van der Waals surface area contributed by atoms with Crippen LogP contribution in [0.4, 0.5) is 10.5 Å². The molecule has 0 radical (unpaired) electrons. The Morgan fingerprint density at radius 2 is 1.69 bits per heavy atom. The van der Waals surface area contributed by atoms with Crippen LogP contribution in [0.1, 0.15) is 59.9 Å². The summed E-state index contributed by atoms with van der Waals surface area (Å²) in [5, 5.41) is 9.00. The molecule has 3 N–H and O–H groups in total. The number of aryl methyl sites for hydroxylation is 2. The van der Waals surface area contributed by atoms with Crippen LogP contribution < -0.4 is 10.5 Å². The lowest BCUT2D eigenvalue weighted by Crippen LogP contribution is -2.36. The second-order valence-corrected chi connectivity index (χ2v) is 11.3. The Morgan fingerprint density at radius 3 is 2.25 bits per heavy atom. The Morgan fingerprint density at radius 1 is 1.06 bits per heavy atom. The third-order valence-electron chi connectivity index (χ3n) is 7.31. The number of hydrogen-bond acceptors (Lipinski definition) is 3. The van der Waals surface area contributed by atoms with E-state index in [2.05, 4.69) is 27.7 Å². The highest BCUT2D eigenvalue weighted by Gasteiger charge is 2.25. The monoisotopic (exact) mass is 452 g/mol. The molecule has 6 nitrogen and oxygen atoms in total. The molecule has 170 valence electrons. The van der Waals surface area contributed by atoms with Crippen LogP contribution in [-0.4, -0.2) is 28.2 Å². The molecule has 1 fully saturated rings. The maximum Gasteiger partial charge on any atom is 0.354 e. The molecule has 2 aromatic rings. The molecule has 2 aromatic carbocycles. The number of anilines is 1. The molecular formula is C25H32N4O2S. The standard InChI is InChI=1S/C25H32N4O2S/c1-29(20-7-4-8-20)16-17-11-13-21(14-12-17)32(26,31)28-25(30)27-24-22-9-2-5-18(22)15-19-6-3-10-23(19)24/h11-15,20H,2-10,16H2,1H3,(H3,26,27,28,30,31). The summed E-state index contributed by atoms with van der Waals surface area (Å²) < 4.78 is 17.0. The molecule has 2 amide bonds. The quantitative estimate of drug-likeness (QED) is 0.696. The molecule has 0 saturated heterocycles. The molecule has 7 heteroatoms. The number of hydrogen-bond donors (Lipinski definition) is 2. The predicted octanol–water partition coefficient (Wildman–Crippen LogP) is 4.58. The van der Waals surface area contributed by atoms with E-state index in [1.165, 1.54) is 41.5 Å². The molecule has 1 atom stereocenters. The number of benzene rings is 2. The van der Waals surface area contributed by atoms with Crippen LogP contribution in [0.5, 0.6) is 0 Å². The SMILES string of the molecule is CN(Cc1ccc(S(N)(=O)=NC(=O)Nc2c3c(cc4c2CCC4)CCC3)cc1)C1CCC1. The van der Waals surface area contributed by atoms with Crippen LogP contribution in [0.25, 0.3) is 0 Å². The van der Waals surface area contributed by atoms with Crippen molar-refractivity contribution in [2.75, 3.05) is 12.4 Å². The van der Waals surface area contributed by atoms with Crippen molar-refractivity contribution < 1.29 is 9.00 Å². The van der Waals surface area contributed by atoms with Gasteiger partial charge in [0, 0.05) is 18.3 Å². The summed E-state index contributed by atoms with van der Waals surface area (Å²) >= 11 is 0. The molecule has 0 aliphatic heterocycles. The highest BCUT2D eigenvalue weighted by molar-refractivity contribution is 7.91. The van der Waals surface area contributed by atoms with Crippen molar-refractivity contribution >= 4 is 21.6 Å². The minimum atomic E-state index is -3.31. The molecule has 1 unspecified atom stereocenters. The summed E-state index contributed by atoms with van der Waals surface area (Å²) in [7, 11) is -1.17. The van der Waals surface area contributed by atoms with Crippen LogP contribution in [0.2, 0.25) is 0 Å². The van der Waals surface area contributed by atoms with E-state index < -0.39 is 15.9 Å². The smallest absolute Gasteiger partial charge is 0.305 e. The average molecular weight is 453 g/mol. The molecule has 32 heavy (non-hydrogen) atoms. The first kappa shape index (κ1) is 21.6. The maximum absolute atomic E-state index is 13.1. The van der Waals surface area contributed by atoms with Crippen molar-refractivity contribution in [1.29, 1.82) is 0 Å². The lowest BCUT2D eigenvalue weighted by atomic mass is 9.91. The number of amides is 2. The second-order valence-electron chi connectivity index (χ2n) is 9.47. The van der Waals surface area contributed by atoms with Gasteiger partial charge in [0.25, 0.3) is 0 Å². The van der Waals surface area contributed by atoms with E-state index in [0.717, 1.165) is 56.3 Å². The zero-order chi connectivity index (χ0) is 22.3. The Kier molecular flexibility index (Phi) is 5.82. The van der Waals surface area contributed by atoms with E-state index in [-0.39, 0.29) is 0 Å². The molecule has 3 aliphatic rings. The molecule has 1 saturated carbocycles. The van der Waals surface area contributed by atoms with E-state index in [1.54, 1.807) is 12.1 Å². The van der Waals surface area contributed by atoms with E-state index in [4.69, 9.17) is 5.14 Å². The Labute approximate surface area is 190 Å². The molecule has 0 bridgehead atoms. The van der Waals surface area contributed by atoms with Gasteiger partial charge in [-0.3, -0.25) is 4.90 Å². The van der Waals surface area contributed by atoms with Crippen LogP contribution in [0.15, 0.2) is 39.6 Å². The summed E-state index contributed by atoms with van der Waals surface area (Å²) in [5.41, 5.74) is 7.13. The van der Waals surface area contributed by atoms with Gasteiger partial charge in [-0.2, -0.15) is 0 Å². The highest BCUT2D eigenvalue weighted by atomic mass is 32.2. The van der Waals surface area contributed by atoms with Gasteiger partial charge in [-0.1, -0.05) is 24.6 Å². The van der Waals surface area contributed by atoms with Crippen molar-refractivity contribution in [3.05, 3.63) is 58.1 Å². The number of fused-ring (bicyclic) bond motifs is 2. The van der Waals surface area contributed by atoms with Crippen LogP contribution in [0, 0.1) is 0 Å². The lowest BCUT2D eigenvalue weighted by molar-refractivity contribution is 0.152. The first-order chi connectivity index (χ1) is 15.4. The molecular weight excluding hydrogens is 420 g/mol. The summed E-state index contributed by atoms with van der Waals surface area (Å²) in [5.74, 6) is 0. The molecule has 5 rings (SSSR count). The van der Waals surface area contributed by atoms with E-state index in [0.29, 0.717) is 10.9 Å². The molecule has 3 aliphatic carbocycles. The van der Waals surface area contributed by atoms with Gasteiger partial charge in [0.2, 0.25) is 0 Å². The van der Waals surface area contributed by atoms with Crippen molar-refractivity contribution in [1.82, 2.24) is 4.90 Å². The Bertz CT molecular complexity index is 1130. The van der Waals surface area contributed by atoms with Gasteiger partial charge in [0.15, 0.2) is 0 Å². The summed E-state index contributed by atoms with van der Waals surface area (Å²) in [6, 6.07) is 9.69. The van der Waals surface area contributed by atoms with Gasteiger partial charge in [-0.05, 0) is 98.4 Å². The molecule has 0 spiro atoms. The number of nitrogens with one attached hydrogen (secondary N) is 1. The van der Waals surface area contributed by atoms with Gasteiger partial charge < -0.3 is 5.32 Å². The zero-order valence-corrected chi connectivity index (χ0v) is 19.5. The Balaban J connectivity index is 1.33. The highest BCUT2D eigenvalue weighted by Crippen LogP contribution is 2.38. The van der Waals surface area contributed by atoms with Gasteiger partial charge in [0.1, 0.15) is 9.92 Å². The van der Waals surface area contributed by atoms with Crippen molar-refractivity contribution in [3.8, 4) is 0 Å². The fraction of sp³-hybridized carbons (Fsp3) is 0.480. The van der Waals surface area contributed by atoms with Crippen LogP contribution >= 0.6 is 0 Å². The number of nitrogens with zero attached hydrogens (tertiary/aromatic N) is 2. The number of carbonyl (C=O) groups excluding carboxylic acids is 1. The van der Waals surface area contributed by atoms with Gasteiger partial charge in [-0.25, -0.2) is 14.1 Å². The first-order valence-corrected chi connectivity index (χ1v) is 13.3. The minimum Gasteiger partial charge on any atom is -0.305 e. The van der Waals surface area contributed by atoms with Crippen molar-refractivity contribution in [2.24, 2.45) is 9.50 Å². The number of rotatable bonds is 5. The van der Waals surface area contributed by atoms with E-state index >= 15 is 0 Å². The predicted molar refractivity (Wildman–Crippen MR) is 128 cm³/mol. The van der Waals surface area contributed by atoms with Gasteiger partial charge in [-0.15, -0.1) is 4.36 Å². The zero-order valence-electron chi connectivity index (χ0n) is 18.7. The average Bonchev–Trinajstić information content (AvgIpc) is 3.35. The fourth-order valence-corrected chi connectivity index (χ4v) is 6.23. The van der Waals surface area contributed by atoms with Gasteiger partial charge >= 0.3 is 6.03 Å². The third-order valence-corrected chi connectivity index (χ3v) is 8.70. The third kappa shape index (κ3) is 4.21. The number of urea groups is 1. The Hall–Kier alpha value is -2.22. The second kappa shape index (κ2) is 8.61. The first-order valence-electron chi connectivity index (χ1n) is 11.7. The number of nitrogens with two attached hydrogens (primary N) is 1.